The van der Waals surface area contributed by atoms with Crippen molar-refractivity contribution in [1.29, 1.82) is 0 Å². The Bertz CT molecular complexity index is 666. The van der Waals surface area contributed by atoms with E-state index in [2.05, 4.69) is 10.6 Å². The molecule has 6 heteroatoms. The van der Waals surface area contributed by atoms with Crippen LogP contribution < -0.4 is 10.6 Å². The highest BCUT2D eigenvalue weighted by molar-refractivity contribution is 6.30. The summed E-state index contributed by atoms with van der Waals surface area (Å²) in [6, 6.07) is 10.7. The molecule has 0 fully saturated rings. The molecule has 1 atom stereocenters. The first kappa shape index (κ1) is 18.1. The normalized spacial score (nSPS) is 12.0. The van der Waals surface area contributed by atoms with Gasteiger partial charge in [-0.1, -0.05) is 37.6 Å². The Labute approximate surface area is 146 Å². The largest absolute Gasteiger partial charge is 0.467 e. The Morgan fingerprint density at radius 2 is 1.83 bits per heavy atom. The van der Waals surface area contributed by atoms with E-state index in [0.29, 0.717) is 17.3 Å². The smallest absolute Gasteiger partial charge is 0.239 e. The summed E-state index contributed by atoms with van der Waals surface area (Å²) in [4.78, 5) is 24.3. The topological polar surface area (TPSA) is 71.3 Å². The molecule has 2 N–H and O–H groups in total. The highest BCUT2D eigenvalue weighted by atomic mass is 35.5. The first-order chi connectivity index (χ1) is 11.5. The third-order valence-corrected chi connectivity index (χ3v) is 3.89. The van der Waals surface area contributed by atoms with Crippen LogP contribution in [0.15, 0.2) is 47.1 Å². The van der Waals surface area contributed by atoms with Crippen molar-refractivity contribution in [2.24, 2.45) is 5.92 Å². The van der Waals surface area contributed by atoms with Crippen LogP contribution in [0.3, 0.4) is 0 Å². The van der Waals surface area contributed by atoms with Crippen LogP contribution in [0.2, 0.25) is 5.02 Å². The maximum absolute atomic E-state index is 12.5. The van der Waals surface area contributed by atoms with E-state index >= 15 is 0 Å². The van der Waals surface area contributed by atoms with Gasteiger partial charge in [0.2, 0.25) is 11.8 Å². The zero-order valence-electron chi connectivity index (χ0n) is 13.7. The molecule has 0 aliphatic heterocycles. The van der Waals surface area contributed by atoms with Crippen LogP contribution in [0.25, 0.3) is 0 Å². The fourth-order valence-corrected chi connectivity index (χ4v) is 2.57. The number of halogens is 1. The lowest BCUT2D eigenvalue weighted by atomic mass is 9.87. The predicted molar refractivity (Wildman–Crippen MR) is 92.6 cm³/mol. The van der Waals surface area contributed by atoms with Gasteiger partial charge in [-0.2, -0.15) is 0 Å². The maximum atomic E-state index is 12.5. The number of benzene rings is 1. The van der Waals surface area contributed by atoms with Crippen molar-refractivity contribution in [1.82, 2.24) is 10.6 Å². The molecule has 5 nitrogen and oxygen atoms in total. The van der Waals surface area contributed by atoms with Gasteiger partial charge < -0.3 is 15.1 Å². The zero-order chi connectivity index (χ0) is 17.5. The molecule has 0 unspecified atom stereocenters. The molecule has 0 bridgehead atoms. The third kappa shape index (κ3) is 5.13. The monoisotopic (exact) mass is 348 g/mol. The van der Waals surface area contributed by atoms with Gasteiger partial charge in [0.25, 0.3) is 0 Å². The van der Waals surface area contributed by atoms with Crippen molar-refractivity contribution < 1.29 is 14.0 Å². The average molecular weight is 349 g/mol. The number of hydrogen-bond donors (Lipinski definition) is 2. The lowest BCUT2D eigenvalue weighted by Crippen LogP contribution is -2.39. The average Bonchev–Trinajstić information content (AvgIpc) is 3.06. The molecule has 128 valence electrons. The molecule has 24 heavy (non-hydrogen) atoms. The number of carbonyl (C=O) groups excluding carboxylic acids is 2. The lowest BCUT2D eigenvalue weighted by Gasteiger charge is -2.20. The van der Waals surface area contributed by atoms with Crippen LogP contribution in [0.4, 0.5) is 0 Å². The van der Waals surface area contributed by atoms with Gasteiger partial charge in [-0.3, -0.25) is 9.59 Å². The summed E-state index contributed by atoms with van der Waals surface area (Å²) in [5.74, 6) is -0.0211. The second kappa shape index (κ2) is 8.55. The van der Waals surface area contributed by atoms with Crippen molar-refractivity contribution in [3.8, 4) is 0 Å². The van der Waals surface area contributed by atoms with Gasteiger partial charge >= 0.3 is 0 Å². The van der Waals surface area contributed by atoms with Crippen LogP contribution >= 0.6 is 11.6 Å². The highest BCUT2D eigenvalue weighted by Gasteiger charge is 2.24. The second-order valence-electron chi connectivity index (χ2n) is 5.85. The summed E-state index contributed by atoms with van der Waals surface area (Å²) in [5.41, 5.74) is 0.878. The molecule has 0 saturated heterocycles. The van der Waals surface area contributed by atoms with Crippen molar-refractivity contribution in [3.05, 3.63) is 59.0 Å². The van der Waals surface area contributed by atoms with Crippen LogP contribution in [0.1, 0.15) is 31.1 Å². The number of rotatable bonds is 7. The summed E-state index contributed by atoms with van der Waals surface area (Å²) >= 11 is 5.89. The van der Waals surface area contributed by atoms with E-state index in [1.165, 1.54) is 0 Å². The standard InChI is InChI=1S/C18H21ClN2O3/c1-12(2)17(13-5-7-14(19)8-6-13)18(23)21-11-16(22)20-10-15-4-3-9-24-15/h3-9,12,17H,10-11H2,1-2H3,(H,20,22)(H,21,23)/t17-/m0/s1. The first-order valence-electron chi connectivity index (χ1n) is 7.79. The Kier molecular flexibility index (Phi) is 6.44. The van der Waals surface area contributed by atoms with Crippen LogP contribution in [-0.2, 0) is 16.1 Å². The Hall–Kier alpha value is -2.27. The molecule has 2 aromatic rings. The quantitative estimate of drug-likeness (QED) is 0.807. The van der Waals surface area contributed by atoms with Gasteiger partial charge in [0.05, 0.1) is 25.3 Å². The highest BCUT2D eigenvalue weighted by Crippen LogP contribution is 2.25. The van der Waals surface area contributed by atoms with Crippen LogP contribution in [0.5, 0.6) is 0 Å². The lowest BCUT2D eigenvalue weighted by molar-refractivity contribution is -0.127. The number of furan rings is 1. The molecular formula is C18H21ClN2O3. The van der Waals surface area contributed by atoms with Gasteiger partial charge in [-0.05, 0) is 35.7 Å². The molecule has 2 rings (SSSR count). The molecule has 0 radical (unpaired) electrons. The molecule has 0 aliphatic carbocycles. The second-order valence-corrected chi connectivity index (χ2v) is 6.28. The molecule has 1 heterocycles. The molecule has 0 aliphatic rings. The van der Waals surface area contributed by atoms with Crippen molar-refractivity contribution in [2.45, 2.75) is 26.3 Å². The minimum Gasteiger partial charge on any atom is -0.467 e. The number of nitrogens with one attached hydrogen (secondary N) is 2. The molecule has 1 aromatic carbocycles. The van der Waals surface area contributed by atoms with Crippen LogP contribution in [-0.4, -0.2) is 18.4 Å². The predicted octanol–water partition coefficient (Wildman–Crippen LogP) is 3.11. The maximum Gasteiger partial charge on any atom is 0.239 e. The van der Waals surface area contributed by atoms with Gasteiger partial charge in [-0.15, -0.1) is 0 Å². The molecule has 0 spiro atoms. The van der Waals surface area contributed by atoms with Crippen LogP contribution in [0, 0.1) is 5.92 Å². The summed E-state index contributed by atoms with van der Waals surface area (Å²) in [7, 11) is 0. The zero-order valence-corrected chi connectivity index (χ0v) is 14.5. The van der Waals surface area contributed by atoms with E-state index in [9.17, 15) is 9.59 Å². The van der Waals surface area contributed by atoms with Crippen molar-refractivity contribution in [2.75, 3.05) is 6.54 Å². The summed E-state index contributed by atoms with van der Waals surface area (Å²) < 4.78 is 5.13. The summed E-state index contributed by atoms with van der Waals surface area (Å²) in [6.45, 7) is 4.16. The fourth-order valence-electron chi connectivity index (χ4n) is 2.45. The van der Waals surface area contributed by atoms with Crippen molar-refractivity contribution >= 4 is 23.4 Å². The first-order valence-corrected chi connectivity index (χ1v) is 8.17. The molecule has 0 saturated carbocycles. The number of carbonyl (C=O) groups is 2. The van der Waals surface area contributed by atoms with Gasteiger partial charge in [0.15, 0.2) is 0 Å². The molecule has 2 amide bonds. The van der Waals surface area contributed by atoms with Gasteiger partial charge in [0, 0.05) is 5.02 Å². The Morgan fingerprint density at radius 1 is 1.12 bits per heavy atom. The minimum atomic E-state index is -0.333. The fraction of sp³-hybridized carbons (Fsp3) is 0.333. The number of hydrogen-bond acceptors (Lipinski definition) is 3. The van der Waals surface area contributed by atoms with E-state index in [1.807, 2.05) is 26.0 Å². The van der Waals surface area contributed by atoms with E-state index in [1.54, 1.807) is 30.5 Å². The molecular weight excluding hydrogens is 328 g/mol. The third-order valence-electron chi connectivity index (χ3n) is 3.64. The Balaban J connectivity index is 1.88. The van der Waals surface area contributed by atoms with Gasteiger partial charge in [0.1, 0.15) is 5.76 Å². The van der Waals surface area contributed by atoms with E-state index in [-0.39, 0.29) is 30.2 Å². The number of amides is 2. The molecule has 1 aromatic heterocycles. The van der Waals surface area contributed by atoms with Crippen molar-refractivity contribution in [3.63, 3.8) is 0 Å². The van der Waals surface area contributed by atoms with E-state index in [0.717, 1.165) is 5.56 Å². The SMILES string of the molecule is CC(C)[C@H](C(=O)NCC(=O)NCc1ccco1)c1ccc(Cl)cc1. The summed E-state index contributed by atoms with van der Waals surface area (Å²) in [5, 5.41) is 6.01. The Morgan fingerprint density at radius 3 is 2.42 bits per heavy atom. The minimum absolute atomic E-state index is 0.0731. The van der Waals surface area contributed by atoms with E-state index < -0.39 is 0 Å². The van der Waals surface area contributed by atoms with E-state index in [4.69, 9.17) is 16.0 Å². The summed E-state index contributed by atoms with van der Waals surface area (Å²) in [6.07, 6.45) is 1.54. The van der Waals surface area contributed by atoms with Gasteiger partial charge in [-0.25, -0.2) is 0 Å².